The van der Waals surface area contributed by atoms with Crippen LogP contribution in [0.3, 0.4) is 0 Å². The van der Waals surface area contributed by atoms with Crippen molar-refractivity contribution in [1.82, 2.24) is 24.6 Å². The van der Waals surface area contributed by atoms with Crippen LogP contribution in [0, 0.1) is 0 Å². The van der Waals surface area contributed by atoms with Crippen LogP contribution in [0.4, 0.5) is 0 Å². The predicted molar refractivity (Wildman–Crippen MR) is 95.1 cm³/mol. The predicted octanol–water partition coefficient (Wildman–Crippen LogP) is 0.565. The van der Waals surface area contributed by atoms with Gasteiger partial charge in [0.2, 0.25) is 5.91 Å². The second kappa shape index (κ2) is 6.57. The number of amides is 2. The molecule has 0 unspecified atom stereocenters. The lowest BCUT2D eigenvalue weighted by Crippen LogP contribution is -2.60. The molecule has 25 heavy (non-hydrogen) atoms. The zero-order valence-corrected chi connectivity index (χ0v) is 15.4. The monoisotopic (exact) mass is 362 g/mol. The van der Waals surface area contributed by atoms with E-state index >= 15 is 0 Å². The Hall–Kier alpha value is -2.26. The minimum absolute atomic E-state index is 0.0239. The second-order valence-electron chi connectivity index (χ2n) is 6.63. The van der Waals surface area contributed by atoms with Gasteiger partial charge in [-0.1, -0.05) is 0 Å². The van der Waals surface area contributed by atoms with Gasteiger partial charge >= 0.3 is 0 Å². The molecule has 0 bridgehead atoms. The van der Waals surface area contributed by atoms with Gasteiger partial charge in [0, 0.05) is 45.0 Å². The molecule has 0 aliphatic carbocycles. The number of carbonyl (C=O) groups is 2. The summed E-state index contributed by atoms with van der Waals surface area (Å²) in [6.07, 6.45) is 5.23. The number of nitrogens with two attached hydrogens (primary N) is 1. The lowest BCUT2D eigenvalue weighted by Gasteiger charge is -2.42. The highest BCUT2D eigenvalue weighted by molar-refractivity contribution is 7.16. The Kier molecular flexibility index (Phi) is 4.61. The lowest BCUT2D eigenvalue weighted by molar-refractivity contribution is -0.129. The molecule has 0 radical (unpaired) electrons. The molecule has 2 aromatic rings. The molecule has 134 valence electrons. The van der Waals surface area contributed by atoms with E-state index in [1.54, 1.807) is 22.0 Å². The fourth-order valence-electron chi connectivity index (χ4n) is 2.82. The third-order valence-electron chi connectivity index (χ3n) is 4.63. The first-order chi connectivity index (χ1) is 11.8. The molecule has 0 spiro atoms. The quantitative estimate of drug-likeness (QED) is 0.857. The number of primary amides is 1. The first-order valence-corrected chi connectivity index (χ1v) is 8.90. The third kappa shape index (κ3) is 3.42. The molecule has 1 fully saturated rings. The van der Waals surface area contributed by atoms with Crippen LogP contribution in [-0.2, 0) is 11.8 Å². The Morgan fingerprint density at radius 3 is 2.44 bits per heavy atom. The number of thiazole rings is 1. The fraction of sp³-hybridized carbons (Fsp3) is 0.500. The van der Waals surface area contributed by atoms with Gasteiger partial charge in [-0.2, -0.15) is 5.10 Å². The SMILES string of the molecule is Cn1cc(-c2ncc(C(=O)N3CCN(C(C)(C)C(N)=O)CC3)s2)cn1. The van der Waals surface area contributed by atoms with Crippen molar-refractivity contribution in [1.29, 1.82) is 0 Å². The topological polar surface area (TPSA) is 97.4 Å². The molecule has 8 nitrogen and oxygen atoms in total. The molecule has 3 rings (SSSR count). The molecule has 0 atom stereocenters. The summed E-state index contributed by atoms with van der Waals surface area (Å²) in [5.74, 6) is -0.375. The largest absolute Gasteiger partial charge is 0.368 e. The standard InChI is InChI=1S/C16H22N6O2S/c1-16(2,15(17)24)22-6-4-21(5-7-22)14(23)12-9-18-13(25-12)11-8-19-20(3)10-11/h8-10H,4-7H2,1-3H3,(H2,17,24). The Morgan fingerprint density at radius 1 is 1.20 bits per heavy atom. The zero-order valence-electron chi connectivity index (χ0n) is 14.6. The van der Waals surface area contributed by atoms with E-state index in [1.165, 1.54) is 11.3 Å². The summed E-state index contributed by atoms with van der Waals surface area (Å²) in [5.41, 5.74) is 5.67. The number of carbonyl (C=O) groups excluding carboxylic acids is 2. The van der Waals surface area contributed by atoms with Crippen molar-refractivity contribution < 1.29 is 9.59 Å². The van der Waals surface area contributed by atoms with Gasteiger partial charge in [0.15, 0.2) is 0 Å². The zero-order chi connectivity index (χ0) is 18.2. The highest BCUT2D eigenvalue weighted by atomic mass is 32.1. The maximum Gasteiger partial charge on any atom is 0.265 e. The first kappa shape index (κ1) is 17.6. The average Bonchev–Trinajstić information content (AvgIpc) is 3.23. The van der Waals surface area contributed by atoms with Crippen LogP contribution in [0.5, 0.6) is 0 Å². The summed E-state index contributed by atoms with van der Waals surface area (Å²) < 4.78 is 1.71. The van der Waals surface area contributed by atoms with Crippen LogP contribution in [0.15, 0.2) is 18.6 Å². The molecule has 1 aliphatic rings. The summed E-state index contributed by atoms with van der Waals surface area (Å²) >= 11 is 1.37. The fourth-order valence-corrected chi connectivity index (χ4v) is 3.68. The van der Waals surface area contributed by atoms with E-state index in [2.05, 4.69) is 10.1 Å². The van der Waals surface area contributed by atoms with Crippen molar-refractivity contribution in [3.8, 4) is 10.6 Å². The van der Waals surface area contributed by atoms with E-state index in [0.29, 0.717) is 31.1 Å². The van der Waals surface area contributed by atoms with Crippen LogP contribution in [-0.4, -0.2) is 68.1 Å². The number of hydrogen-bond donors (Lipinski definition) is 1. The van der Waals surface area contributed by atoms with E-state index < -0.39 is 5.54 Å². The van der Waals surface area contributed by atoms with Gasteiger partial charge in [-0.15, -0.1) is 11.3 Å². The Bertz CT molecular complexity index is 788. The molecular weight excluding hydrogens is 340 g/mol. The molecule has 2 aromatic heterocycles. The Morgan fingerprint density at radius 2 is 1.88 bits per heavy atom. The molecule has 2 amide bonds. The second-order valence-corrected chi connectivity index (χ2v) is 7.67. The smallest absolute Gasteiger partial charge is 0.265 e. The summed E-state index contributed by atoms with van der Waals surface area (Å²) in [4.78, 5) is 33.1. The van der Waals surface area contributed by atoms with Crippen molar-refractivity contribution >= 4 is 23.2 Å². The van der Waals surface area contributed by atoms with E-state index in [4.69, 9.17) is 5.73 Å². The number of rotatable bonds is 4. The van der Waals surface area contributed by atoms with Gasteiger partial charge in [0.05, 0.1) is 17.9 Å². The minimum atomic E-state index is -0.701. The first-order valence-electron chi connectivity index (χ1n) is 8.08. The van der Waals surface area contributed by atoms with Crippen LogP contribution < -0.4 is 5.73 Å². The number of nitrogens with zero attached hydrogens (tertiary/aromatic N) is 5. The number of piperazine rings is 1. The van der Waals surface area contributed by atoms with Crippen molar-refractivity contribution in [3.05, 3.63) is 23.5 Å². The maximum absolute atomic E-state index is 12.7. The highest BCUT2D eigenvalue weighted by Gasteiger charge is 2.35. The molecule has 1 aliphatic heterocycles. The van der Waals surface area contributed by atoms with E-state index in [1.807, 2.05) is 32.0 Å². The van der Waals surface area contributed by atoms with Gasteiger partial charge in [0.1, 0.15) is 9.88 Å². The minimum Gasteiger partial charge on any atom is -0.368 e. The third-order valence-corrected chi connectivity index (χ3v) is 5.66. The molecule has 3 heterocycles. The van der Waals surface area contributed by atoms with E-state index in [-0.39, 0.29) is 11.8 Å². The molecular formula is C16H22N6O2S. The van der Waals surface area contributed by atoms with Crippen molar-refractivity contribution in [2.45, 2.75) is 19.4 Å². The summed E-state index contributed by atoms with van der Waals surface area (Å²) in [7, 11) is 1.84. The van der Waals surface area contributed by atoms with Gasteiger partial charge in [-0.05, 0) is 13.8 Å². The number of aryl methyl sites for hydroxylation is 1. The lowest BCUT2D eigenvalue weighted by atomic mass is 10.0. The van der Waals surface area contributed by atoms with Crippen LogP contribution in [0.2, 0.25) is 0 Å². The molecule has 9 heteroatoms. The number of hydrogen-bond acceptors (Lipinski definition) is 6. The van der Waals surface area contributed by atoms with E-state index in [0.717, 1.165) is 10.6 Å². The normalized spacial score (nSPS) is 16.2. The summed E-state index contributed by atoms with van der Waals surface area (Å²) in [6, 6.07) is 0. The molecule has 1 saturated heterocycles. The summed E-state index contributed by atoms with van der Waals surface area (Å²) in [5, 5.41) is 4.91. The van der Waals surface area contributed by atoms with Crippen molar-refractivity contribution in [2.24, 2.45) is 12.8 Å². The van der Waals surface area contributed by atoms with Crippen LogP contribution >= 0.6 is 11.3 Å². The highest BCUT2D eigenvalue weighted by Crippen LogP contribution is 2.26. The van der Waals surface area contributed by atoms with Gasteiger partial charge < -0.3 is 10.6 Å². The van der Waals surface area contributed by atoms with Crippen LogP contribution in [0.1, 0.15) is 23.5 Å². The molecule has 0 saturated carbocycles. The summed E-state index contributed by atoms with van der Waals surface area (Å²) in [6.45, 7) is 6.00. The van der Waals surface area contributed by atoms with Crippen LogP contribution in [0.25, 0.3) is 10.6 Å². The van der Waals surface area contributed by atoms with Crippen molar-refractivity contribution in [3.63, 3.8) is 0 Å². The Balaban J connectivity index is 1.65. The Labute approximate surface area is 150 Å². The molecule has 2 N–H and O–H groups in total. The number of aromatic nitrogens is 3. The van der Waals surface area contributed by atoms with Gasteiger partial charge in [-0.25, -0.2) is 4.98 Å². The van der Waals surface area contributed by atoms with Gasteiger partial charge in [0.25, 0.3) is 5.91 Å². The van der Waals surface area contributed by atoms with Crippen molar-refractivity contribution in [2.75, 3.05) is 26.2 Å². The van der Waals surface area contributed by atoms with Gasteiger partial charge in [-0.3, -0.25) is 19.2 Å². The van der Waals surface area contributed by atoms with E-state index in [9.17, 15) is 9.59 Å². The maximum atomic E-state index is 12.7. The average molecular weight is 362 g/mol. The molecule has 0 aromatic carbocycles.